The lowest BCUT2D eigenvalue weighted by molar-refractivity contribution is 0.100. The number of H-pyrrole nitrogens is 1. The van der Waals surface area contributed by atoms with E-state index >= 15 is 0 Å². The van der Waals surface area contributed by atoms with Gasteiger partial charge < -0.3 is 5.73 Å². The van der Waals surface area contributed by atoms with Crippen molar-refractivity contribution in [2.75, 3.05) is 0 Å². The van der Waals surface area contributed by atoms with E-state index in [1.807, 2.05) is 54.6 Å². The summed E-state index contributed by atoms with van der Waals surface area (Å²) in [6, 6.07) is 21.4. The molecule has 0 atom stereocenters. The second-order valence-corrected chi connectivity index (χ2v) is 6.83. The Bertz CT molecular complexity index is 1170. The first kappa shape index (κ1) is 17.9. The molecule has 28 heavy (non-hydrogen) atoms. The third kappa shape index (κ3) is 3.66. The maximum atomic E-state index is 12.0. The van der Waals surface area contributed by atoms with E-state index in [1.165, 1.54) is 0 Å². The lowest BCUT2D eigenvalue weighted by Crippen LogP contribution is -2.13. The van der Waals surface area contributed by atoms with Crippen LogP contribution in [0.2, 0.25) is 5.02 Å². The van der Waals surface area contributed by atoms with Crippen LogP contribution >= 0.6 is 11.6 Å². The summed E-state index contributed by atoms with van der Waals surface area (Å²) in [5, 5.41) is 9.94. The Labute approximate surface area is 166 Å². The van der Waals surface area contributed by atoms with Crippen molar-refractivity contribution in [2.24, 2.45) is 10.7 Å². The molecule has 5 nitrogen and oxygen atoms in total. The van der Waals surface area contributed by atoms with Gasteiger partial charge in [0, 0.05) is 23.2 Å². The molecule has 0 aliphatic carbocycles. The molecule has 0 unspecified atom stereocenters. The van der Waals surface area contributed by atoms with E-state index in [-0.39, 0.29) is 5.82 Å². The molecule has 4 aromatic rings. The van der Waals surface area contributed by atoms with Crippen LogP contribution in [0.4, 0.5) is 5.82 Å². The van der Waals surface area contributed by atoms with Crippen LogP contribution < -0.4 is 5.73 Å². The largest absolute Gasteiger partial charge is 0.365 e. The van der Waals surface area contributed by atoms with E-state index in [4.69, 9.17) is 17.3 Å². The van der Waals surface area contributed by atoms with Gasteiger partial charge in [0.1, 0.15) is 5.56 Å². The highest BCUT2D eigenvalue weighted by molar-refractivity contribution is 6.30. The van der Waals surface area contributed by atoms with Gasteiger partial charge in [-0.2, -0.15) is 5.10 Å². The Hall–Kier alpha value is -3.44. The highest BCUT2D eigenvalue weighted by Gasteiger charge is 2.18. The van der Waals surface area contributed by atoms with Gasteiger partial charge in [0.05, 0.1) is 5.69 Å². The molecule has 1 heterocycles. The molecule has 1 aromatic heterocycles. The molecule has 1 amide bonds. The Kier molecular flexibility index (Phi) is 4.91. The van der Waals surface area contributed by atoms with Crippen molar-refractivity contribution in [2.45, 2.75) is 6.42 Å². The number of benzene rings is 3. The minimum Gasteiger partial charge on any atom is -0.365 e. The molecule has 3 N–H and O–H groups in total. The van der Waals surface area contributed by atoms with Crippen LogP contribution in [0, 0.1) is 0 Å². The van der Waals surface area contributed by atoms with Crippen LogP contribution in [0.25, 0.3) is 10.8 Å². The van der Waals surface area contributed by atoms with E-state index in [0.717, 1.165) is 21.9 Å². The molecule has 0 bridgehead atoms. The number of nitrogens with two attached hydrogens (primary N) is 1. The number of aromatic amines is 1. The zero-order valence-corrected chi connectivity index (χ0v) is 15.6. The lowest BCUT2D eigenvalue weighted by Gasteiger charge is -2.02. The maximum absolute atomic E-state index is 12.0. The summed E-state index contributed by atoms with van der Waals surface area (Å²) in [7, 11) is 0. The summed E-state index contributed by atoms with van der Waals surface area (Å²) in [4.78, 5) is 16.5. The first-order valence-corrected chi connectivity index (χ1v) is 9.13. The molecule has 0 saturated carbocycles. The Balaban J connectivity index is 1.68. The number of halogens is 1. The van der Waals surface area contributed by atoms with Crippen LogP contribution in [0.5, 0.6) is 0 Å². The van der Waals surface area contributed by atoms with Gasteiger partial charge in [-0.15, -0.1) is 0 Å². The molecular formula is C22H17ClN4O. The highest BCUT2D eigenvalue weighted by Crippen LogP contribution is 2.23. The SMILES string of the molecule is NC(=O)c1c(N=Cc2cccc3ccccc23)n[nH]c1Cc1ccc(Cl)cc1. The van der Waals surface area contributed by atoms with Crippen molar-refractivity contribution >= 4 is 40.3 Å². The molecule has 0 spiro atoms. The minimum atomic E-state index is -0.567. The Morgan fingerprint density at radius 2 is 1.82 bits per heavy atom. The van der Waals surface area contributed by atoms with E-state index < -0.39 is 5.91 Å². The van der Waals surface area contributed by atoms with Crippen molar-refractivity contribution in [3.05, 3.63) is 94.1 Å². The number of aromatic nitrogens is 2. The number of hydrogen-bond donors (Lipinski definition) is 2. The van der Waals surface area contributed by atoms with E-state index in [2.05, 4.69) is 15.2 Å². The van der Waals surface area contributed by atoms with Crippen molar-refractivity contribution in [1.29, 1.82) is 0 Å². The standard InChI is InChI=1S/C22H17ClN4O/c23-17-10-8-14(9-11-17)12-19-20(21(24)28)22(27-26-19)25-13-16-6-3-5-15-4-1-2-7-18(15)16/h1-11,13H,12H2,(H2,24,28)(H,26,27). The number of aliphatic imine (C=N–C) groups is 1. The zero-order valence-electron chi connectivity index (χ0n) is 14.9. The van der Waals surface area contributed by atoms with E-state index in [9.17, 15) is 4.79 Å². The number of fused-ring (bicyclic) bond motifs is 1. The van der Waals surface area contributed by atoms with Gasteiger partial charge >= 0.3 is 0 Å². The smallest absolute Gasteiger partial charge is 0.254 e. The van der Waals surface area contributed by atoms with E-state index in [0.29, 0.717) is 22.7 Å². The van der Waals surface area contributed by atoms with Crippen LogP contribution in [0.1, 0.15) is 27.2 Å². The second kappa shape index (κ2) is 7.66. The fourth-order valence-electron chi connectivity index (χ4n) is 3.15. The summed E-state index contributed by atoms with van der Waals surface area (Å²) in [6.07, 6.45) is 2.18. The summed E-state index contributed by atoms with van der Waals surface area (Å²) < 4.78 is 0. The normalized spacial score (nSPS) is 11.3. The van der Waals surface area contributed by atoms with Gasteiger partial charge in [-0.1, -0.05) is 66.2 Å². The topological polar surface area (TPSA) is 84.1 Å². The predicted molar refractivity (Wildman–Crippen MR) is 113 cm³/mol. The van der Waals surface area contributed by atoms with Crippen molar-refractivity contribution in [1.82, 2.24) is 10.2 Å². The molecule has 0 radical (unpaired) electrons. The molecule has 138 valence electrons. The number of carbonyl (C=O) groups excluding carboxylic acids is 1. The van der Waals surface area contributed by atoms with Gasteiger partial charge in [-0.25, -0.2) is 4.99 Å². The van der Waals surface area contributed by atoms with Crippen LogP contribution in [0.3, 0.4) is 0 Å². The number of rotatable bonds is 5. The maximum Gasteiger partial charge on any atom is 0.254 e. The summed E-state index contributed by atoms with van der Waals surface area (Å²) in [5.74, 6) is -0.285. The monoisotopic (exact) mass is 388 g/mol. The average Bonchev–Trinajstić information content (AvgIpc) is 3.11. The van der Waals surface area contributed by atoms with Gasteiger partial charge in [0.15, 0.2) is 5.82 Å². The molecule has 4 rings (SSSR count). The summed E-state index contributed by atoms with van der Waals surface area (Å²) in [5.41, 5.74) is 8.45. The van der Waals surface area contributed by atoms with Gasteiger partial charge in [0.25, 0.3) is 5.91 Å². The Morgan fingerprint density at radius 1 is 1.07 bits per heavy atom. The average molecular weight is 389 g/mol. The molecular weight excluding hydrogens is 372 g/mol. The molecule has 3 aromatic carbocycles. The van der Waals surface area contributed by atoms with E-state index in [1.54, 1.807) is 18.3 Å². The number of primary amides is 1. The second-order valence-electron chi connectivity index (χ2n) is 6.39. The number of hydrogen-bond acceptors (Lipinski definition) is 3. The van der Waals surface area contributed by atoms with Crippen molar-refractivity contribution < 1.29 is 4.79 Å². The summed E-state index contributed by atoms with van der Waals surface area (Å²) in [6.45, 7) is 0. The fraction of sp³-hybridized carbons (Fsp3) is 0.0455. The summed E-state index contributed by atoms with van der Waals surface area (Å²) >= 11 is 5.93. The first-order chi connectivity index (χ1) is 13.6. The fourth-order valence-corrected chi connectivity index (χ4v) is 3.27. The minimum absolute atomic E-state index is 0.282. The van der Waals surface area contributed by atoms with Gasteiger partial charge in [-0.05, 0) is 28.5 Å². The third-order valence-electron chi connectivity index (χ3n) is 4.51. The molecule has 0 saturated heterocycles. The van der Waals surface area contributed by atoms with Gasteiger partial charge in [-0.3, -0.25) is 9.89 Å². The predicted octanol–water partition coefficient (Wildman–Crippen LogP) is 4.66. The molecule has 0 aliphatic rings. The first-order valence-electron chi connectivity index (χ1n) is 8.75. The molecule has 0 aliphatic heterocycles. The number of amides is 1. The Morgan fingerprint density at radius 3 is 2.61 bits per heavy atom. The van der Waals surface area contributed by atoms with Crippen LogP contribution in [0.15, 0.2) is 71.7 Å². The molecule has 6 heteroatoms. The van der Waals surface area contributed by atoms with Gasteiger partial charge in [0.2, 0.25) is 0 Å². The van der Waals surface area contributed by atoms with Crippen molar-refractivity contribution in [3.63, 3.8) is 0 Å². The van der Waals surface area contributed by atoms with Crippen molar-refractivity contribution in [3.8, 4) is 0 Å². The quantitative estimate of drug-likeness (QED) is 0.487. The number of nitrogens with one attached hydrogen (secondary N) is 1. The molecule has 0 fully saturated rings. The number of carbonyl (C=O) groups is 1. The third-order valence-corrected chi connectivity index (χ3v) is 4.76. The highest BCUT2D eigenvalue weighted by atomic mass is 35.5. The zero-order chi connectivity index (χ0) is 19.5. The van der Waals surface area contributed by atoms with Crippen LogP contribution in [-0.2, 0) is 6.42 Å². The number of nitrogens with zero attached hydrogens (tertiary/aromatic N) is 2. The van der Waals surface area contributed by atoms with Crippen LogP contribution in [-0.4, -0.2) is 22.3 Å². The lowest BCUT2D eigenvalue weighted by atomic mass is 10.1.